The Labute approximate surface area is 173 Å². The van der Waals surface area contributed by atoms with Crippen LogP contribution in [-0.2, 0) is 14.8 Å². The third-order valence-corrected chi connectivity index (χ3v) is 5.46. The van der Waals surface area contributed by atoms with Gasteiger partial charge in [0.05, 0.1) is 23.3 Å². The summed E-state index contributed by atoms with van der Waals surface area (Å²) in [5.74, 6) is -0.848. The number of methoxy groups -OCH3 is 1. The Bertz CT molecular complexity index is 1200. The lowest BCUT2D eigenvalue weighted by Gasteiger charge is -2.10. The molecule has 1 N–H and O–H groups in total. The fraction of sp³-hybridized carbons (Fsp3) is 0.0500. The molecule has 1 aromatic heterocycles. The van der Waals surface area contributed by atoms with Crippen LogP contribution >= 0.6 is 11.6 Å². The van der Waals surface area contributed by atoms with Crippen molar-refractivity contribution >= 4 is 39.6 Å². The zero-order chi connectivity index (χ0) is 21.0. The lowest BCUT2D eigenvalue weighted by molar-refractivity contribution is 0.0600. The number of halogens is 1. The van der Waals surface area contributed by atoms with E-state index in [4.69, 9.17) is 11.6 Å². The summed E-state index contributed by atoms with van der Waals surface area (Å²) in [7, 11) is -2.86. The van der Waals surface area contributed by atoms with E-state index in [1.54, 1.807) is 6.08 Å². The first kappa shape index (κ1) is 20.5. The summed E-state index contributed by atoms with van der Waals surface area (Å²) < 4.78 is 32.4. The maximum atomic E-state index is 12.7. The molecule has 29 heavy (non-hydrogen) atoms. The molecule has 1 heterocycles. The molecule has 0 amide bonds. The van der Waals surface area contributed by atoms with Crippen molar-refractivity contribution in [2.75, 3.05) is 11.8 Å². The van der Waals surface area contributed by atoms with Crippen LogP contribution in [0.4, 0.5) is 5.95 Å². The summed E-state index contributed by atoms with van der Waals surface area (Å²) >= 11 is 6.08. The molecule has 3 rings (SSSR count). The molecule has 9 heteroatoms. The second-order valence-corrected chi connectivity index (χ2v) is 7.89. The Hall–Kier alpha value is -3.23. The lowest BCUT2D eigenvalue weighted by Crippen LogP contribution is -2.16. The highest BCUT2D eigenvalue weighted by molar-refractivity contribution is 7.92. The number of esters is 1. The maximum Gasteiger partial charge on any atom is 0.337 e. The molecular formula is C20H16ClN3O4S. The SMILES string of the molecule is C=Cc1ccccc1-c1cc(Cl)nc(NS(=O)(=O)c2cccc(C(=O)OC)c2)n1. The van der Waals surface area contributed by atoms with Gasteiger partial charge < -0.3 is 4.74 Å². The summed E-state index contributed by atoms with van der Waals surface area (Å²) in [6.45, 7) is 3.76. The van der Waals surface area contributed by atoms with Crippen molar-refractivity contribution in [1.82, 2.24) is 9.97 Å². The normalized spacial score (nSPS) is 11.0. The van der Waals surface area contributed by atoms with E-state index in [0.717, 1.165) is 11.1 Å². The van der Waals surface area contributed by atoms with Crippen molar-refractivity contribution < 1.29 is 17.9 Å². The number of rotatable bonds is 6. The number of anilines is 1. The fourth-order valence-electron chi connectivity index (χ4n) is 2.60. The van der Waals surface area contributed by atoms with E-state index in [1.807, 2.05) is 24.3 Å². The van der Waals surface area contributed by atoms with Crippen LogP contribution in [0.25, 0.3) is 17.3 Å². The molecule has 0 unspecified atom stereocenters. The molecule has 0 saturated heterocycles. The van der Waals surface area contributed by atoms with Gasteiger partial charge in [-0.25, -0.2) is 27.9 Å². The topological polar surface area (TPSA) is 98.2 Å². The average molecular weight is 430 g/mol. The van der Waals surface area contributed by atoms with E-state index in [9.17, 15) is 13.2 Å². The van der Waals surface area contributed by atoms with Gasteiger partial charge >= 0.3 is 5.97 Å². The van der Waals surface area contributed by atoms with E-state index in [-0.39, 0.29) is 21.6 Å². The van der Waals surface area contributed by atoms with Crippen LogP contribution in [0.1, 0.15) is 15.9 Å². The molecule has 0 aliphatic rings. The number of nitrogens with zero attached hydrogens (tertiary/aromatic N) is 2. The Morgan fingerprint density at radius 3 is 2.62 bits per heavy atom. The van der Waals surface area contributed by atoms with Crippen LogP contribution in [0.5, 0.6) is 0 Å². The third-order valence-electron chi connectivity index (χ3n) is 3.94. The van der Waals surface area contributed by atoms with Crippen LogP contribution in [-0.4, -0.2) is 31.5 Å². The molecule has 0 bridgehead atoms. The molecule has 0 saturated carbocycles. The Morgan fingerprint density at radius 1 is 1.14 bits per heavy atom. The zero-order valence-corrected chi connectivity index (χ0v) is 16.9. The second-order valence-electron chi connectivity index (χ2n) is 5.82. The number of nitrogens with one attached hydrogen (secondary N) is 1. The van der Waals surface area contributed by atoms with E-state index >= 15 is 0 Å². The molecule has 0 spiro atoms. The fourth-order valence-corrected chi connectivity index (χ4v) is 3.77. The average Bonchev–Trinajstić information content (AvgIpc) is 2.72. The van der Waals surface area contributed by atoms with Crippen LogP contribution in [0.15, 0.2) is 66.1 Å². The van der Waals surface area contributed by atoms with E-state index < -0.39 is 16.0 Å². The maximum absolute atomic E-state index is 12.7. The quantitative estimate of drug-likeness (QED) is 0.469. The van der Waals surface area contributed by atoms with Gasteiger partial charge in [0.25, 0.3) is 10.0 Å². The minimum atomic E-state index is -4.07. The number of carbonyl (C=O) groups is 1. The number of carbonyl (C=O) groups excluding carboxylic acids is 1. The number of hydrogen-bond acceptors (Lipinski definition) is 6. The summed E-state index contributed by atoms with van der Waals surface area (Å²) in [5, 5.41) is 0.0647. The monoisotopic (exact) mass is 429 g/mol. The molecule has 0 radical (unpaired) electrons. The molecule has 0 fully saturated rings. The minimum Gasteiger partial charge on any atom is -0.465 e. The van der Waals surface area contributed by atoms with Crippen molar-refractivity contribution in [3.8, 4) is 11.3 Å². The smallest absolute Gasteiger partial charge is 0.337 e. The molecule has 0 atom stereocenters. The first-order valence-electron chi connectivity index (χ1n) is 8.31. The van der Waals surface area contributed by atoms with Crippen molar-refractivity contribution in [2.45, 2.75) is 4.90 Å². The van der Waals surface area contributed by atoms with Crippen molar-refractivity contribution in [3.05, 3.63) is 77.5 Å². The van der Waals surface area contributed by atoms with Gasteiger partial charge in [-0.05, 0) is 23.8 Å². The van der Waals surface area contributed by atoms with Gasteiger partial charge in [-0.1, -0.05) is 54.6 Å². The molecule has 3 aromatic rings. The summed E-state index contributed by atoms with van der Waals surface area (Å²) in [5.41, 5.74) is 2.06. The van der Waals surface area contributed by atoms with Gasteiger partial charge in [-0.15, -0.1) is 0 Å². The summed E-state index contributed by atoms with van der Waals surface area (Å²) in [6.07, 6.45) is 1.66. The Kier molecular flexibility index (Phi) is 5.95. The van der Waals surface area contributed by atoms with Crippen LogP contribution < -0.4 is 4.72 Å². The lowest BCUT2D eigenvalue weighted by atomic mass is 10.0. The number of hydrogen-bond donors (Lipinski definition) is 1. The largest absolute Gasteiger partial charge is 0.465 e. The van der Waals surface area contributed by atoms with Crippen LogP contribution in [0.2, 0.25) is 5.15 Å². The predicted octanol–water partition coefficient (Wildman–Crippen LogP) is 4.03. The van der Waals surface area contributed by atoms with E-state index in [1.165, 1.54) is 37.4 Å². The van der Waals surface area contributed by atoms with Crippen molar-refractivity contribution in [2.24, 2.45) is 0 Å². The third kappa shape index (κ3) is 4.61. The standard InChI is InChI=1S/C20H16ClN3O4S/c1-3-13-7-4-5-10-16(13)17-12-18(21)23-20(22-17)24-29(26,27)15-9-6-8-14(11-15)19(25)28-2/h3-12H,1H2,2H3,(H,22,23,24). The van der Waals surface area contributed by atoms with E-state index in [2.05, 4.69) is 26.0 Å². The summed E-state index contributed by atoms with van der Waals surface area (Å²) in [6, 6.07) is 14.3. The molecule has 7 nitrogen and oxygen atoms in total. The highest BCUT2D eigenvalue weighted by Crippen LogP contribution is 2.26. The first-order chi connectivity index (χ1) is 13.8. The molecule has 0 aliphatic carbocycles. The van der Waals surface area contributed by atoms with Gasteiger partial charge in [0.2, 0.25) is 5.95 Å². The van der Waals surface area contributed by atoms with Gasteiger partial charge in [-0.2, -0.15) is 0 Å². The number of ether oxygens (including phenoxy) is 1. The Morgan fingerprint density at radius 2 is 1.90 bits per heavy atom. The second kappa shape index (κ2) is 8.42. The zero-order valence-electron chi connectivity index (χ0n) is 15.3. The highest BCUT2D eigenvalue weighted by atomic mass is 35.5. The van der Waals surface area contributed by atoms with Crippen LogP contribution in [0.3, 0.4) is 0 Å². The molecule has 148 valence electrons. The molecule has 2 aromatic carbocycles. The predicted molar refractivity (Wildman–Crippen MR) is 111 cm³/mol. The van der Waals surface area contributed by atoms with Gasteiger partial charge in [0.1, 0.15) is 5.15 Å². The van der Waals surface area contributed by atoms with Crippen molar-refractivity contribution in [3.63, 3.8) is 0 Å². The van der Waals surface area contributed by atoms with Gasteiger partial charge in [0, 0.05) is 11.6 Å². The minimum absolute atomic E-state index is 0.0647. The van der Waals surface area contributed by atoms with E-state index in [0.29, 0.717) is 5.69 Å². The number of aromatic nitrogens is 2. The summed E-state index contributed by atoms with van der Waals surface area (Å²) in [4.78, 5) is 19.7. The van der Waals surface area contributed by atoms with Gasteiger partial charge in [0.15, 0.2) is 0 Å². The molecular weight excluding hydrogens is 414 g/mol. The van der Waals surface area contributed by atoms with Crippen LogP contribution in [0, 0.1) is 0 Å². The van der Waals surface area contributed by atoms with Crippen molar-refractivity contribution in [1.29, 1.82) is 0 Å². The number of benzene rings is 2. The Balaban J connectivity index is 1.99. The highest BCUT2D eigenvalue weighted by Gasteiger charge is 2.19. The van der Waals surface area contributed by atoms with Gasteiger partial charge in [-0.3, -0.25) is 0 Å². The first-order valence-corrected chi connectivity index (χ1v) is 10.2. The number of sulfonamides is 1. The molecule has 0 aliphatic heterocycles.